The van der Waals surface area contributed by atoms with Crippen molar-refractivity contribution in [2.24, 2.45) is 5.92 Å². The molecule has 1 N–H and O–H groups in total. The summed E-state index contributed by atoms with van der Waals surface area (Å²) in [6.07, 6.45) is 0. The molecule has 0 unspecified atom stereocenters. The average Bonchev–Trinajstić information content (AvgIpc) is 1.80. The van der Waals surface area contributed by atoms with Crippen molar-refractivity contribution in [3.05, 3.63) is 0 Å². The molecule has 0 saturated carbocycles. The summed E-state index contributed by atoms with van der Waals surface area (Å²) in [5.74, 6) is -0.260. The van der Waals surface area contributed by atoms with Gasteiger partial charge in [-0.2, -0.15) is 0 Å². The number of rotatable bonds is 4. The van der Waals surface area contributed by atoms with Crippen LogP contribution in [0.1, 0.15) is 6.92 Å². The first kappa shape index (κ1) is 10.9. The Bertz CT molecular complexity index is 357. The molecule has 1 aliphatic heterocycles. The summed E-state index contributed by atoms with van der Waals surface area (Å²) in [4.78, 5) is 0. The van der Waals surface area contributed by atoms with Gasteiger partial charge in [-0.3, -0.25) is 0 Å². The van der Waals surface area contributed by atoms with Crippen LogP contribution < -0.4 is 4.72 Å². The van der Waals surface area contributed by atoms with E-state index in [9.17, 15) is 16.8 Å². The minimum absolute atomic E-state index is 0.0115. The zero-order valence-corrected chi connectivity index (χ0v) is 8.99. The summed E-state index contributed by atoms with van der Waals surface area (Å²) >= 11 is 0. The molecule has 0 spiro atoms. The molecule has 5 nitrogen and oxygen atoms in total. The van der Waals surface area contributed by atoms with Crippen molar-refractivity contribution in [1.29, 1.82) is 0 Å². The normalized spacial score (nSPS) is 22.5. The van der Waals surface area contributed by atoms with E-state index in [1.54, 1.807) is 6.92 Å². The zero-order valence-electron chi connectivity index (χ0n) is 7.36. The second kappa shape index (κ2) is 3.55. The van der Waals surface area contributed by atoms with Crippen LogP contribution in [0, 0.1) is 5.92 Å². The van der Waals surface area contributed by atoms with E-state index in [0.717, 1.165) is 0 Å². The van der Waals surface area contributed by atoms with E-state index >= 15 is 0 Å². The molecule has 0 amide bonds. The highest BCUT2D eigenvalue weighted by Crippen LogP contribution is 2.19. The molecule has 0 aromatic heterocycles. The third-order valence-corrected chi connectivity index (χ3v) is 5.40. The molecule has 7 heteroatoms. The van der Waals surface area contributed by atoms with Crippen LogP contribution in [0.15, 0.2) is 0 Å². The van der Waals surface area contributed by atoms with Gasteiger partial charge in [0.25, 0.3) is 0 Å². The van der Waals surface area contributed by atoms with Gasteiger partial charge in [0.1, 0.15) is 0 Å². The van der Waals surface area contributed by atoms with Crippen LogP contribution in [0.4, 0.5) is 0 Å². The van der Waals surface area contributed by atoms with Crippen LogP contribution in [0.5, 0.6) is 0 Å². The van der Waals surface area contributed by atoms with E-state index in [1.165, 1.54) is 0 Å². The Morgan fingerprint density at radius 2 is 1.92 bits per heavy atom. The van der Waals surface area contributed by atoms with E-state index < -0.39 is 19.9 Å². The summed E-state index contributed by atoms with van der Waals surface area (Å²) in [5.41, 5.74) is 0. The summed E-state index contributed by atoms with van der Waals surface area (Å²) < 4.78 is 46.1. The maximum absolute atomic E-state index is 11.1. The molecule has 0 aromatic rings. The Labute approximate surface area is 78.5 Å². The predicted molar refractivity (Wildman–Crippen MR) is 49.6 cm³/mol. The minimum Gasteiger partial charge on any atom is -0.229 e. The van der Waals surface area contributed by atoms with Crippen molar-refractivity contribution < 1.29 is 16.8 Å². The van der Waals surface area contributed by atoms with Gasteiger partial charge in [0.15, 0.2) is 9.84 Å². The highest BCUT2D eigenvalue weighted by atomic mass is 32.2. The van der Waals surface area contributed by atoms with Crippen molar-refractivity contribution in [1.82, 2.24) is 4.72 Å². The fourth-order valence-electron chi connectivity index (χ4n) is 1.35. The second-order valence-corrected chi connectivity index (χ2v) is 7.23. The lowest BCUT2D eigenvalue weighted by molar-refractivity contribution is 0.531. The van der Waals surface area contributed by atoms with E-state index in [4.69, 9.17) is 0 Å². The Kier molecular flexibility index (Phi) is 2.98. The lowest BCUT2D eigenvalue weighted by Crippen LogP contribution is -2.43. The van der Waals surface area contributed by atoms with Crippen LogP contribution in [0.2, 0.25) is 0 Å². The predicted octanol–water partition coefficient (Wildman–Crippen LogP) is -1.03. The van der Waals surface area contributed by atoms with Crippen LogP contribution in [0.25, 0.3) is 0 Å². The molecule has 1 saturated heterocycles. The Morgan fingerprint density at radius 1 is 1.38 bits per heavy atom. The van der Waals surface area contributed by atoms with Crippen molar-refractivity contribution in [2.75, 3.05) is 23.8 Å². The summed E-state index contributed by atoms with van der Waals surface area (Å²) in [6, 6.07) is 0. The third kappa shape index (κ3) is 3.24. The van der Waals surface area contributed by atoms with Gasteiger partial charge < -0.3 is 0 Å². The minimum atomic E-state index is -3.26. The highest BCUT2D eigenvalue weighted by Gasteiger charge is 2.36. The molecule has 0 aliphatic carbocycles. The fraction of sp³-hybridized carbons (Fsp3) is 1.00. The first-order valence-electron chi connectivity index (χ1n) is 4.02. The number of hydrogen-bond acceptors (Lipinski definition) is 4. The Hall–Kier alpha value is -0.140. The van der Waals surface area contributed by atoms with Crippen molar-refractivity contribution >= 4 is 19.9 Å². The topological polar surface area (TPSA) is 80.3 Å². The molecule has 1 rings (SSSR count). The van der Waals surface area contributed by atoms with Gasteiger partial charge in [0, 0.05) is 12.5 Å². The Morgan fingerprint density at radius 3 is 2.31 bits per heavy atom. The quantitative estimate of drug-likeness (QED) is 0.666. The molecule has 13 heavy (non-hydrogen) atoms. The van der Waals surface area contributed by atoms with Gasteiger partial charge >= 0.3 is 0 Å². The molecule has 0 radical (unpaired) electrons. The number of sulfonamides is 1. The summed E-state index contributed by atoms with van der Waals surface area (Å²) in [6.45, 7) is 2.04. The van der Waals surface area contributed by atoms with E-state index in [-0.39, 0.29) is 23.2 Å². The largest absolute Gasteiger partial charge is 0.229 e. The van der Waals surface area contributed by atoms with Gasteiger partial charge in [-0.1, -0.05) is 6.92 Å². The second-order valence-electron chi connectivity index (χ2n) is 3.22. The molecule has 0 atom stereocenters. The monoisotopic (exact) mass is 227 g/mol. The van der Waals surface area contributed by atoms with E-state index in [0.29, 0.717) is 6.54 Å². The average molecular weight is 227 g/mol. The lowest BCUT2D eigenvalue weighted by Gasteiger charge is -2.25. The highest BCUT2D eigenvalue weighted by molar-refractivity contribution is 7.93. The standard InChI is InChI=1S/C6H13NO4S2/c1-2-7-13(10,11)5-6-3-12(8,9)4-6/h6-7H,2-5H2,1H3. The summed E-state index contributed by atoms with van der Waals surface area (Å²) in [7, 11) is -6.17. The van der Waals surface area contributed by atoms with Crippen LogP contribution >= 0.6 is 0 Å². The molecule has 0 bridgehead atoms. The number of sulfone groups is 1. The van der Waals surface area contributed by atoms with Crippen LogP contribution in [0.3, 0.4) is 0 Å². The maximum Gasteiger partial charge on any atom is 0.211 e. The first-order chi connectivity index (χ1) is 5.85. The molecule has 78 valence electrons. The molecular formula is C6H13NO4S2. The number of nitrogens with one attached hydrogen (secondary N) is 1. The van der Waals surface area contributed by atoms with Crippen LogP contribution in [-0.4, -0.2) is 40.6 Å². The maximum atomic E-state index is 11.1. The number of hydrogen-bond donors (Lipinski definition) is 1. The van der Waals surface area contributed by atoms with Crippen LogP contribution in [-0.2, 0) is 19.9 Å². The smallest absolute Gasteiger partial charge is 0.211 e. The third-order valence-electron chi connectivity index (χ3n) is 1.80. The fourth-order valence-corrected chi connectivity index (χ4v) is 4.64. The summed E-state index contributed by atoms with van der Waals surface area (Å²) in [5, 5.41) is 0. The Balaban J connectivity index is 2.44. The van der Waals surface area contributed by atoms with E-state index in [2.05, 4.69) is 4.72 Å². The molecule has 0 aromatic carbocycles. The lowest BCUT2D eigenvalue weighted by atomic mass is 10.2. The van der Waals surface area contributed by atoms with Gasteiger partial charge in [-0.15, -0.1) is 0 Å². The SMILES string of the molecule is CCNS(=O)(=O)CC1CS(=O)(=O)C1. The molecule has 1 aliphatic rings. The first-order valence-corrected chi connectivity index (χ1v) is 7.50. The molecule has 1 heterocycles. The van der Waals surface area contributed by atoms with Gasteiger partial charge in [-0.25, -0.2) is 21.6 Å². The van der Waals surface area contributed by atoms with Gasteiger partial charge in [0.2, 0.25) is 10.0 Å². The van der Waals surface area contributed by atoms with Crippen molar-refractivity contribution in [3.8, 4) is 0 Å². The van der Waals surface area contributed by atoms with Gasteiger partial charge in [0.05, 0.1) is 17.3 Å². The zero-order chi connectivity index (χ0) is 10.1. The molecule has 1 fully saturated rings. The van der Waals surface area contributed by atoms with Gasteiger partial charge in [-0.05, 0) is 0 Å². The van der Waals surface area contributed by atoms with Crippen molar-refractivity contribution in [2.45, 2.75) is 6.92 Å². The van der Waals surface area contributed by atoms with Crippen molar-refractivity contribution in [3.63, 3.8) is 0 Å². The molecular weight excluding hydrogens is 214 g/mol. The van der Waals surface area contributed by atoms with E-state index in [1.807, 2.05) is 0 Å².